The van der Waals surface area contributed by atoms with Crippen molar-refractivity contribution < 1.29 is 4.79 Å². The number of carbonyl (C=O) groups excluding carboxylic acids is 1. The highest BCUT2D eigenvalue weighted by Gasteiger charge is 2.10. The van der Waals surface area contributed by atoms with Gasteiger partial charge in [-0.25, -0.2) is 0 Å². The van der Waals surface area contributed by atoms with E-state index < -0.39 is 0 Å². The van der Waals surface area contributed by atoms with Gasteiger partial charge in [0.05, 0.1) is 0 Å². The zero-order chi connectivity index (χ0) is 15.9. The Morgan fingerprint density at radius 3 is 2.50 bits per heavy atom. The summed E-state index contributed by atoms with van der Waals surface area (Å²) in [4.78, 5) is 17.8. The number of carbonyl (C=O) groups is 1. The Kier molecular flexibility index (Phi) is 5.41. The predicted molar refractivity (Wildman–Crippen MR) is 85.8 cm³/mol. The fourth-order valence-electron chi connectivity index (χ4n) is 1.95. The maximum Gasteiger partial charge on any atom is 0.271 e. The third kappa shape index (κ3) is 4.51. The molecule has 0 aliphatic heterocycles. The minimum absolute atomic E-state index is 0.0806. The van der Waals surface area contributed by atoms with Crippen LogP contribution in [0.4, 0.5) is 5.82 Å². The standard InChI is InChI=1S/C16H21N5O/c1-12(2)18-16(22)14-4-5-15(20-19-14)21(3)11-8-13-6-9-17-10-7-13/h4-7,9-10,12H,8,11H2,1-3H3,(H,18,22). The molecule has 22 heavy (non-hydrogen) atoms. The number of amides is 1. The molecule has 0 saturated heterocycles. The van der Waals surface area contributed by atoms with Gasteiger partial charge in [0.1, 0.15) is 0 Å². The molecule has 0 atom stereocenters. The van der Waals surface area contributed by atoms with Crippen LogP contribution in [0.2, 0.25) is 0 Å². The van der Waals surface area contributed by atoms with Crippen LogP contribution in [-0.4, -0.2) is 40.7 Å². The molecule has 0 saturated carbocycles. The highest BCUT2D eigenvalue weighted by atomic mass is 16.2. The van der Waals surface area contributed by atoms with E-state index in [-0.39, 0.29) is 11.9 Å². The maximum absolute atomic E-state index is 11.8. The van der Waals surface area contributed by atoms with Crippen LogP contribution in [0.3, 0.4) is 0 Å². The van der Waals surface area contributed by atoms with E-state index in [0.29, 0.717) is 5.69 Å². The molecule has 0 spiro atoms. The lowest BCUT2D eigenvalue weighted by Crippen LogP contribution is -2.31. The number of hydrogen-bond acceptors (Lipinski definition) is 5. The summed E-state index contributed by atoms with van der Waals surface area (Å²) in [5, 5.41) is 10.9. The van der Waals surface area contributed by atoms with Crippen LogP contribution >= 0.6 is 0 Å². The quantitative estimate of drug-likeness (QED) is 0.879. The van der Waals surface area contributed by atoms with Crippen LogP contribution in [0.15, 0.2) is 36.7 Å². The summed E-state index contributed by atoms with van der Waals surface area (Å²) in [5.41, 5.74) is 1.56. The molecule has 1 N–H and O–H groups in total. The van der Waals surface area contributed by atoms with Crippen molar-refractivity contribution in [1.82, 2.24) is 20.5 Å². The van der Waals surface area contributed by atoms with Gasteiger partial charge in [-0.1, -0.05) is 0 Å². The molecule has 1 amide bonds. The van der Waals surface area contributed by atoms with E-state index in [2.05, 4.69) is 20.5 Å². The van der Waals surface area contributed by atoms with Gasteiger partial charge in [-0.05, 0) is 50.1 Å². The van der Waals surface area contributed by atoms with Crippen LogP contribution in [0, 0.1) is 0 Å². The van der Waals surface area contributed by atoms with Crippen LogP contribution in [0.25, 0.3) is 0 Å². The maximum atomic E-state index is 11.8. The van der Waals surface area contributed by atoms with E-state index in [4.69, 9.17) is 0 Å². The van der Waals surface area contributed by atoms with Crippen molar-refractivity contribution >= 4 is 11.7 Å². The molecule has 0 bridgehead atoms. The first-order chi connectivity index (χ1) is 10.6. The number of nitrogens with one attached hydrogen (secondary N) is 1. The van der Waals surface area contributed by atoms with Gasteiger partial charge >= 0.3 is 0 Å². The number of anilines is 1. The Hall–Kier alpha value is -2.50. The number of pyridine rings is 1. The normalized spacial score (nSPS) is 10.5. The highest BCUT2D eigenvalue weighted by molar-refractivity contribution is 5.92. The number of likely N-dealkylation sites (N-methyl/N-ethyl adjacent to an activating group) is 1. The zero-order valence-corrected chi connectivity index (χ0v) is 13.2. The first-order valence-electron chi connectivity index (χ1n) is 7.31. The fraction of sp³-hybridized carbons (Fsp3) is 0.375. The van der Waals surface area contributed by atoms with Gasteiger partial charge in [0.2, 0.25) is 0 Å². The fourth-order valence-corrected chi connectivity index (χ4v) is 1.95. The van der Waals surface area contributed by atoms with Gasteiger partial charge in [0, 0.05) is 32.0 Å². The van der Waals surface area contributed by atoms with Gasteiger partial charge in [-0.15, -0.1) is 10.2 Å². The molecule has 0 aromatic carbocycles. The van der Waals surface area contributed by atoms with Gasteiger partial charge in [-0.3, -0.25) is 9.78 Å². The van der Waals surface area contributed by atoms with Crippen molar-refractivity contribution in [3.8, 4) is 0 Å². The Labute approximate surface area is 130 Å². The molecule has 2 aromatic rings. The second kappa shape index (κ2) is 7.49. The second-order valence-electron chi connectivity index (χ2n) is 5.43. The summed E-state index contributed by atoms with van der Waals surface area (Å²) in [7, 11) is 1.96. The molecule has 0 fully saturated rings. The summed E-state index contributed by atoms with van der Waals surface area (Å²) in [5.74, 6) is 0.545. The molecule has 0 aliphatic rings. The Bertz CT molecular complexity index is 598. The lowest BCUT2D eigenvalue weighted by Gasteiger charge is -2.17. The summed E-state index contributed by atoms with van der Waals surface area (Å²) < 4.78 is 0. The molecule has 0 aliphatic carbocycles. The molecule has 2 heterocycles. The minimum atomic E-state index is -0.200. The van der Waals surface area contributed by atoms with Gasteiger partial charge < -0.3 is 10.2 Å². The largest absolute Gasteiger partial charge is 0.358 e. The first-order valence-corrected chi connectivity index (χ1v) is 7.31. The third-order valence-electron chi connectivity index (χ3n) is 3.18. The Morgan fingerprint density at radius 2 is 1.91 bits per heavy atom. The SMILES string of the molecule is CC(C)NC(=O)c1ccc(N(C)CCc2ccncc2)nn1. The monoisotopic (exact) mass is 299 g/mol. The van der Waals surface area contributed by atoms with E-state index in [9.17, 15) is 4.79 Å². The van der Waals surface area contributed by atoms with Crippen molar-refractivity contribution in [2.75, 3.05) is 18.5 Å². The zero-order valence-electron chi connectivity index (χ0n) is 13.2. The first kappa shape index (κ1) is 15.9. The molecule has 0 unspecified atom stereocenters. The number of nitrogens with zero attached hydrogens (tertiary/aromatic N) is 4. The predicted octanol–water partition coefficient (Wildman–Crippen LogP) is 1.69. The van der Waals surface area contributed by atoms with Crippen molar-refractivity contribution in [3.05, 3.63) is 47.9 Å². The third-order valence-corrected chi connectivity index (χ3v) is 3.18. The molecular formula is C16H21N5O. The summed E-state index contributed by atoms with van der Waals surface area (Å²) in [6.45, 7) is 4.63. The molecule has 116 valence electrons. The van der Waals surface area contributed by atoms with E-state index >= 15 is 0 Å². The van der Waals surface area contributed by atoms with Crippen molar-refractivity contribution in [3.63, 3.8) is 0 Å². The molecule has 6 nitrogen and oxygen atoms in total. The lowest BCUT2D eigenvalue weighted by atomic mass is 10.2. The van der Waals surface area contributed by atoms with Crippen LogP contribution < -0.4 is 10.2 Å². The second-order valence-corrected chi connectivity index (χ2v) is 5.43. The summed E-state index contributed by atoms with van der Waals surface area (Å²) >= 11 is 0. The summed E-state index contributed by atoms with van der Waals surface area (Å²) in [6.07, 6.45) is 4.48. The van der Waals surface area contributed by atoms with E-state index in [0.717, 1.165) is 18.8 Å². The minimum Gasteiger partial charge on any atom is -0.358 e. The van der Waals surface area contributed by atoms with E-state index in [1.807, 2.05) is 44.0 Å². The Morgan fingerprint density at radius 1 is 1.18 bits per heavy atom. The molecule has 2 rings (SSSR count). The lowest BCUT2D eigenvalue weighted by molar-refractivity contribution is 0.0937. The van der Waals surface area contributed by atoms with E-state index in [1.165, 1.54) is 5.56 Å². The molecule has 0 radical (unpaired) electrons. The molecular weight excluding hydrogens is 278 g/mol. The van der Waals surface area contributed by atoms with Crippen LogP contribution in [0.5, 0.6) is 0 Å². The van der Waals surface area contributed by atoms with Crippen molar-refractivity contribution in [2.45, 2.75) is 26.3 Å². The van der Waals surface area contributed by atoms with Crippen LogP contribution in [0.1, 0.15) is 29.9 Å². The van der Waals surface area contributed by atoms with Gasteiger partial charge in [0.15, 0.2) is 11.5 Å². The number of hydrogen-bond donors (Lipinski definition) is 1. The number of rotatable bonds is 6. The van der Waals surface area contributed by atoms with Crippen LogP contribution in [-0.2, 0) is 6.42 Å². The van der Waals surface area contributed by atoms with Crippen molar-refractivity contribution in [1.29, 1.82) is 0 Å². The van der Waals surface area contributed by atoms with Gasteiger partial charge in [-0.2, -0.15) is 0 Å². The van der Waals surface area contributed by atoms with Crippen molar-refractivity contribution in [2.24, 2.45) is 0 Å². The topological polar surface area (TPSA) is 71.0 Å². The average molecular weight is 299 g/mol. The average Bonchev–Trinajstić information content (AvgIpc) is 2.53. The smallest absolute Gasteiger partial charge is 0.271 e. The van der Waals surface area contributed by atoms with E-state index in [1.54, 1.807) is 18.5 Å². The Balaban J connectivity index is 1.93. The highest BCUT2D eigenvalue weighted by Crippen LogP contribution is 2.09. The molecule has 2 aromatic heterocycles. The number of aromatic nitrogens is 3. The van der Waals surface area contributed by atoms with Gasteiger partial charge in [0.25, 0.3) is 5.91 Å². The molecule has 6 heteroatoms. The summed E-state index contributed by atoms with van der Waals surface area (Å²) in [6, 6.07) is 7.59.